The van der Waals surface area contributed by atoms with Crippen molar-refractivity contribution in [2.75, 3.05) is 10.2 Å². The van der Waals surface area contributed by atoms with Crippen LogP contribution in [0.15, 0.2) is 60.7 Å². The summed E-state index contributed by atoms with van der Waals surface area (Å²) >= 11 is 0. The summed E-state index contributed by atoms with van der Waals surface area (Å²) in [7, 11) is 0. The molecule has 1 aromatic heterocycles. The maximum absolute atomic E-state index is 12.8. The average molecular weight is 388 g/mol. The standard InChI is InChI=1S/C22H20N4O3/c1-15-12-19(25(24-15)14-16-6-3-2-4-7-16)23-22(29)17-8-5-9-18(13-17)26-20(27)10-11-21(26)28/h2-9,12-13H,10-11,14H2,1H3,(H,23,29). The molecule has 3 aromatic rings. The summed E-state index contributed by atoms with van der Waals surface area (Å²) < 4.78 is 1.74. The average Bonchev–Trinajstić information content (AvgIpc) is 3.23. The summed E-state index contributed by atoms with van der Waals surface area (Å²) in [6, 6.07) is 18.2. The van der Waals surface area contributed by atoms with Crippen LogP contribution >= 0.6 is 0 Å². The second-order valence-corrected chi connectivity index (χ2v) is 6.94. The van der Waals surface area contributed by atoms with E-state index < -0.39 is 0 Å². The van der Waals surface area contributed by atoms with E-state index in [-0.39, 0.29) is 30.6 Å². The molecule has 0 atom stereocenters. The van der Waals surface area contributed by atoms with E-state index in [4.69, 9.17) is 0 Å². The molecule has 7 nitrogen and oxygen atoms in total. The van der Waals surface area contributed by atoms with E-state index in [0.717, 1.165) is 16.2 Å². The number of amides is 3. The molecule has 2 heterocycles. The minimum atomic E-state index is -0.333. The Morgan fingerprint density at radius 3 is 2.45 bits per heavy atom. The Morgan fingerprint density at radius 1 is 1.00 bits per heavy atom. The van der Waals surface area contributed by atoms with Crippen molar-refractivity contribution in [3.63, 3.8) is 0 Å². The number of aromatic nitrogens is 2. The number of carbonyl (C=O) groups excluding carboxylic acids is 3. The Labute approximate surface area is 167 Å². The SMILES string of the molecule is Cc1cc(NC(=O)c2cccc(N3C(=O)CCC3=O)c2)n(Cc2ccccc2)n1. The predicted octanol–water partition coefficient (Wildman–Crippen LogP) is 3.15. The predicted molar refractivity (Wildman–Crippen MR) is 109 cm³/mol. The minimum absolute atomic E-state index is 0.202. The highest BCUT2D eigenvalue weighted by atomic mass is 16.2. The fourth-order valence-electron chi connectivity index (χ4n) is 3.36. The number of hydrogen-bond donors (Lipinski definition) is 1. The van der Waals surface area contributed by atoms with Crippen LogP contribution in [0.2, 0.25) is 0 Å². The number of nitrogens with zero attached hydrogens (tertiary/aromatic N) is 3. The first-order valence-corrected chi connectivity index (χ1v) is 9.37. The molecule has 0 saturated carbocycles. The summed E-state index contributed by atoms with van der Waals surface area (Å²) in [5, 5.41) is 7.34. The molecule has 1 aliphatic rings. The molecule has 4 rings (SSSR count). The Kier molecular flexibility index (Phi) is 4.95. The van der Waals surface area contributed by atoms with Gasteiger partial charge in [-0.15, -0.1) is 0 Å². The molecular weight excluding hydrogens is 368 g/mol. The van der Waals surface area contributed by atoms with Crippen LogP contribution in [0.5, 0.6) is 0 Å². The number of nitrogens with one attached hydrogen (secondary N) is 1. The monoisotopic (exact) mass is 388 g/mol. The Hall–Kier alpha value is -3.74. The van der Waals surface area contributed by atoms with Crippen LogP contribution in [-0.2, 0) is 16.1 Å². The van der Waals surface area contributed by atoms with Gasteiger partial charge < -0.3 is 5.32 Å². The van der Waals surface area contributed by atoms with Gasteiger partial charge in [0.2, 0.25) is 11.8 Å². The molecule has 1 aliphatic heterocycles. The van der Waals surface area contributed by atoms with Gasteiger partial charge in [-0.2, -0.15) is 5.10 Å². The van der Waals surface area contributed by atoms with Crippen LogP contribution in [0, 0.1) is 6.92 Å². The van der Waals surface area contributed by atoms with E-state index in [2.05, 4.69) is 10.4 Å². The third-order valence-electron chi connectivity index (χ3n) is 4.74. The molecule has 0 bridgehead atoms. The van der Waals surface area contributed by atoms with Crippen LogP contribution in [-0.4, -0.2) is 27.5 Å². The lowest BCUT2D eigenvalue weighted by Gasteiger charge is -2.15. The Morgan fingerprint density at radius 2 is 1.72 bits per heavy atom. The molecule has 1 N–H and O–H groups in total. The first-order chi connectivity index (χ1) is 14.0. The zero-order valence-corrected chi connectivity index (χ0v) is 16.0. The lowest BCUT2D eigenvalue weighted by molar-refractivity contribution is -0.121. The van der Waals surface area contributed by atoms with Crippen LogP contribution in [0.4, 0.5) is 11.5 Å². The molecule has 146 valence electrons. The van der Waals surface area contributed by atoms with Crippen LogP contribution in [0.3, 0.4) is 0 Å². The molecule has 0 spiro atoms. The van der Waals surface area contributed by atoms with Crippen molar-refractivity contribution in [2.24, 2.45) is 0 Å². The van der Waals surface area contributed by atoms with Gasteiger partial charge in [0.05, 0.1) is 17.9 Å². The quantitative estimate of drug-likeness (QED) is 0.681. The lowest BCUT2D eigenvalue weighted by Crippen LogP contribution is -2.28. The first kappa shape index (κ1) is 18.6. The highest BCUT2D eigenvalue weighted by Crippen LogP contribution is 2.24. The fraction of sp³-hybridized carbons (Fsp3) is 0.182. The molecule has 1 saturated heterocycles. The van der Waals surface area contributed by atoms with Gasteiger partial charge in [0.15, 0.2) is 0 Å². The highest BCUT2D eigenvalue weighted by Gasteiger charge is 2.30. The maximum atomic E-state index is 12.8. The molecular formula is C22H20N4O3. The Bertz CT molecular complexity index is 1070. The number of anilines is 2. The lowest BCUT2D eigenvalue weighted by atomic mass is 10.1. The molecule has 0 aliphatic carbocycles. The second-order valence-electron chi connectivity index (χ2n) is 6.94. The van der Waals surface area contributed by atoms with Gasteiger partial charge >= 0.3 is 0 Å². The van der Waals surface area contributed by atoms with Crippen molar-refractivity contribution in [3.05, 3.63) is 77.5 Å². The van der Waals surface area contributed by atoms with Gasteiger partial charge in [-0.3, -0.25) is 19.3 Å². The van der Waals surface area contributed by atoms with Gasteiger partial charge in [0, 0.05) is 24.5 Å². The Balaban J connectivity index is 1.55. The fourth-order valence-corrected chi connectivity index (χ4v) is 3.36. The number of imide groups is 1. The van der Waals surface area contributed by atoms with Gasteiger partial charge in [-0.1, -0.05) is 36.4 Å². The zero-order chi connectivity index (χ0) is 20.4. The molecule has 3 amide bonds. The van der Waals surface area contributed by atoms with E-state index in [0.29, 0.717) is 23.6 Å². The topological polar surface area (TPSA) is 84.3 Å². The van der Waals surface area contributed by atoms with Crippen molar-refractivity contribution < 1.29 is 14.4 Å². The normalized spacial score (nSPS) is 13.8. The molecule has 0 radical (unpaired) electrons. The maximum Gasteiger partial charge on any atom is 0.256 e. The number of benzene rings is 2. The van der Waals surface area contributed by atoms with Crippen molar-refractivity contribution >= 4 is 29.2 Å². The van der Waals surface area contributed by atoms with Crippen molar-refractivity contribution in [3.8, 4) is 0 Å². The largest absolute Gasteiger partial charge is 0.307 e. The number of carbonyl (C=O) groups is 3. The van der Waals surface area contributed by atoms with Crippen LogP contribution < -0.4 is 10.2 Å². The number of rotatable bonds is 5. The van der Waals surface area contributed by atoms with E-state index in [1.54, 1.807) is 35.0 Å². The molecule has 0 unspecified atom stereocenters. The van der Waals surface area contributed by atoms with E-state index in [9.17, 15) is 14.4 Å². The third kappa shape index (κ3) is 3.94. The van der Waals surface area contributed by atoms with Crippen LogP contribution in [0.1, 0.15) is 34.5 Å². The number of aryl methyl sites for hydroxylation is 1. The van der Waals surface area contributed by atoms with Crippen LogP contribution in [0.25, 0.3) is 0 Å². The highest BCUT2D eigenvalue weighted by molar-refractivity contribution is 6.20. The summed E-state index contributed by atoms with van der Waals surface area (Å²) in [5.41, 5.74) is 2.64. The summed E-state index contributed by atoms with van der Waals surface area (Å²) in [5.74, 6) is -0.247. The summed E-state index contributed by atoms with van der Waals surface area (Å²) in [6.07, 6.45) is 0.403. The van der Waals surface area contributed by atoms with E-state index >= 15 is 0 Å². The van der Waals surface area contributed by atoms with Gasteiger partial charge in [-0.05, 0) is 30.7 Å². The van der Waals surface area contributed by atoms with Gasteiger partial charge in [0.25, 0.3) is 5.91 Å². The third-order valence-corrected chi connectivity index (χ3v) is 4.74. The zero-order valence-electron chi connectivity index (χ0n) is 16.0. The summed E-state index contributed by atoms with van der Waals surface area (Å²) in [6.45, 7) is 2.39. The molecule has 29 heavy (non-hydrogen) atoms. The molecule has 1 fully saturated rings. The van der Waals surface area contributed by atoms with Crippen molar-refractivity contribution in [1.29, 1.82) is 0 Å². The smallest absolute Gasteiger partial charge is 0.256 e. The van der Waals surface area contributed by atoms with Crippen molar-refractivity contribution in [2.45, 2.75) is 26.3 Å². The first-order valence-electron chi connectivity index (χ1n) is 9.37. The minimum Gasteiger partial charge on any atom is -0.307 e. The molecule has 7 heteroatoms. The number of hydrogen-bond acceptors (Lipinski definition) is 4. The van der Waals surface area contributed by atoms with Gasteiger partial charge in [0.1, 0.15) is 5.82 Å². The van der Waals surface area contributed by atoms with Gasteiger partial charge in [-0.25, -0.2) is 4.68 Å². The van der Waals surface area contributed by atoms with Crippen molar-refractivity contribution in [1.82, 2.24) is 9.78 Å². The van der Waals surface area contributed by atoms with E-state index in [1.807, 2.05) is 37.3 Å². The van der Waals surface area contributed by atoms with E-state index in [1.165, 1.54) is 0 Å². The molecule has 2 aromatic carbocycles. The summed E-state index contributed by atoms with van der Waals surface area (Å²) in [4.78, 5) is 37.9. The second kappa shape index (κ2) is 7.71.